The van der Waals surface area contributed by atoms with Crippen LogP contribution in [0.4, 0.5) is 0 Å². The number of aromatic hydroxyl groups is 1. The number of likely N-dealkylation sites (tertiary alicyclic amines) is 1. The molecule has 0 saturated carbocycles. The highest BCUT2D eigenvalue weighted by atomic mass is 35.5. The number of carbonyl (C=O) groups excluding carboxylic acids is 2. The van der Waals surface area contributed by atoms with E-state index in [-0.39, 0.29) is 34.8 Å². The summed E-state index contributed by atoms with van der Waals surface area (Å²) in [5.74, 6) is -0.501. The van der Waals surface area contributed by atoms with Crippen molar-refractivity contribution in [3.63, 3.8) is 0 Å². The standard InChI is InChI=1S/C21H22Cl2N2O4/c22-14-5-8-18(23)17(11-14)21(29)25-9-1-2-19(25)20(28)24-15(12-26)10-13-3-6-16(27)7-4-13/h3-8,11,15,19,26-27H,1-2,9-10,12H2,(H,24,28)/t15-,19?/m0/s1. The minimum absolute atomic E-state index is 0.151. The summed E-state index contributed by atoms with van der Waals surface area (Å²) in [4.78, 5) is 27.3. The van der Waals surface area contributed by atoms with E-state index in [0.29, 0.717) is 30.8 Å². The third-order valence-electron chi connectivity index (χ3n) is 4.96. The Balaban J connectivity index is 1.69. The average Bonchev–Trinajstić information content (AvgIpc) is 3.20. The number of amides is 2. The van der Waals surface area contributed by atoms with Crippen molar-refractivity contribution in [1.29, 1.82) is 0 Å². The molecule has 0 spiro atoms. The molecule has 0 radical (unpaired) electrons. The monoisotopic (exact) mass is 436 g/mol. The summed E-state index contributed by atoms with van der Waals surface area (Å²) in [5, 5.41) is 22.6. The minimum Gasteiger partial charge on any atom is -0.508 e. The first-order chi connectivity index (χ1) is 13.9. The largest absolute Gasteiger partial charge is 0.508 e. The predicted octanol–water partition coefficient (Wildman–Crippen LogP) is 3.02. The minimum atomic E-state index is -0.633. The van der Waals surface area contributed by atoms with Crippen molar-refractivity contribution in [3.8, 4) is 5.75 Å². The summed E-state index contributed by atoms with van der Waals surface area (Å²) in [5.41, 5.74) is 1.13. The van der Waals surface area contributed by atoms with E-state index in [1.165, 1.54) is 11.0 Å². The number of aliphatic hydroxyl groups excluding tert-OH is 1. The summed E-state index contributed by atoms with van der Waals surface area (Å²) in [6.07, 6.45) is 1.64. The smallest absolute Gasteiger partial charge is 0.256 e. The Labute approximate surface area is 179 Å². The summed E-state index contributed by atoms with van der Waals surface area (Å²) in [6, 6.07) is 10.1. The van der Waals surface area contributed by atoms with Crippen molar-refractivity contribution >= 4 is 35.0 Å². The van der Waals surface area contributed by atoms with Gasteiger partial charge in [0.25, 0.3) is 5.91 Å². The van der Waals surface area contributed by atoms with E-state index < -0.39 is 12.1 Å². The van der Waals surface area contributed by atoms with Crippen LogP contribution in [0, 0.1) is 0 Å². The van der Waals surface area contributed by atoms with Gasteiger partial charge in [-0.3, -0.25) is 9.59 Å². The molecule has 0 bridgehead atoms. The lowest BCUT2D eigenvalue weighted by atomic mass is 10.1. The fourth-order valence-corrected chi connectivity index (χ4v) is 3.84. The van der Waals surface area contributed by atoms with E-state index in [1.807, 2.05) is 0 Å². The number of phenolic OH excluding ortho intramolecular Hbond substituents is 1. The van der Waals surface area contributed by atoms with Crippen molar-refractivity contribution < 1.29 is 19.8 Å². The average molecular weight is 437 g/mol. The summed E-state index contributed by atoms with van der Waals surface area (Å²) < 4.78 is 0. The topological polar surface area (TPSA) is 89.9 Å². The fraction of sp³-hybridized carbons (Fsp3) is 0.333. The van der Waals surface area contributed by atoms with E-state index in [1.54, 1.807) is 36.4 Å². The number of halogens is 2. The van der Waals surface area contributed by atoms with Gasteiger partial charge in [0.2, 0.25) is 5.91 Å². The molecule has 3 N–H and O–H groups in total. The first-order valence-corrected chi connectivity index (χ1v) is 10.1. The highest BCUT2D eigenvalue weighted by Gasteiger charge is 2.36. The molecular formula is C21H22Cl2N2O4. The van der Waals surface area contributed by atoms with Gasteiger partial charge in [0.1, 0.15) is 11.8 Å². The summed E-state index contributed by atoms with van der Waals surface area (Å²) in [6.45, 7) is 0.203. The van der Waals surface area contributed by atoms with Crippen molar-refractivity contribution in [2.24, 2.45) is 0 Å². The van der Waals surface area contributed by atoms with Crippen LogP contribution in [0.25, 0.3) is 0 Å². The second-order valence-electron chi connectivity index (χ2n) is 7.04. The van der Waals surface area contributed by atoms with Crippen LogP contribution in [0.1, 0.15) is 28.8 Å². The molecule has 154 valence electrons. The highest BCUT2D eigenvalue weighted by Crippen LogP contribution is 2.26. The summed E-state index contributed by atoms with van der Waals surface area (Å²) >= 11 is 12.1. The summed E-state index contributed by atoms with van der Waals surface area (Å²) in [7, 11) is 0. The molecule has 2 atom stereocenters. The number of phenols is 1. The van der Waals surface area contributed by atoms with Gasteiger partial charge < -0.3 is 20.4 Å². The third-order valence-corrected chi connectivity index (χ3v) is 5.53. The Morgan fingerprint density at radius 1 is 1.17 bits per heavy atom. The predicted molar refractivity (Wildman–Crippen MR) is 111 cm³/mol. The lowest BCUT2D eigenvalue weighted by molar-refractivity contribution is -0.125. The molecule has 3 rings (SSSR count). The van der Waals surface area contributed by atoms with Gasteiger partial charge in [-0.2, -0.15) is 0 Å². The van der Waals surface area contributed by atoms with Crippen molar-refractivity contribution in [1.82, 2.24) is 10.2 Å². The molecule has 0 aromatic heterocycles. The Morgan fingerprint density at radius 3 is 2.59 bits per heavy atom. The molecular weight excluding hydrogens is 415 g/mol. The van der Waals surface area contributed by atoms with Gasteiger partial charge in [-0.15, -0.1) is 0 Å². The van der Waals surface area contributed by atoms with Crippen molar-refractivity contribution in [2.45, 2.75) is 31.3 Å². The number of benzene rings is 2. The zero-order valence-electron chi connectivity index (χ0n) is 15.6. The van der Waals surface area contributed by atoms with Crippen LogP contribution in [0.2, 0.25) is 10.0 Å². The second kappa shape index (κ2) is 9.48. The van der Waals surface area contributed by atoms with Crippen LogP contribution in [0.15, 0.2) is 42.5 Å². The van der Waals surface area contributed by atoms with Gasteiger partial charge in [-0.25, -0.2) is 0 Å². The van der Waals surface area contributed by atoms with E-state index >= 15 is 0 Å². The molecule has 2 aromatic rings. The van der Waals surface area contributed by atoms with Gasteiger partial charge in [0, 0.05) is 11.6 Å². The first-order valence-electron chi connectivity index (χ1n) is 9.34. The number of nitrogens with one attached hydrogen (secondary N) is 1. The maximum atomic E-state index is 12.9. The third kappa shape index (κ3) is 5.21. The molecule has 1 aliphatic heterocycles. The number of aliphatic hydroxyl groups is 1. The quantitative estimate of drug-likeness (QED) is 0.648. The van der Waals surface area contributed by atoms with Crippen LogP contribution >= 0.6 is 23.2 Å². The van der Waals surface area contributed by atoms with Crippen molar-refractivity contribution in [3.05, 3.63) is 63.6 Å². The first kappa shape index (κ1) is 21.4. The number of hydrogen-bond acceptors (Lipinski definition) is 4. The lowest BCUT2D eigenvalue weighted by Gasteiger charge is -2.26. The van der Waals surface area contributed by atoms with E-state index in [9.17, 15) is 19.8 Å². The van der Waals surface area contributed by atoms with Gasteiger partial charge in [-0.1, -0.05) is 35.3 Å². The van der Waals surface area contributed by atoms with Crippen LogP contribution < -0.4 is 5.32 Å². The Kier molecular flexibility index (Phi) is 7.00. The molecule has 8 heteroatoms. The normalized spacial score (nSPS) is 17.2. The molecule has 29 heavy (non-hydrogen) atoms. The molecule has 2 amide bonds. The van der Waals surface area contributed by atoms with Crippen LogP contribution in [0.3, 0.4) is 0 Å². The van der Waals surface area contributed by atoms with E-state index in [2.05, 4.69) is 5.32 Å². The van der Waals surface area contributed by atoms with Gasteiger partial charge in [-0.05, 0) is 55.2 Å². The second-order valence-corrected chi connectivity index (χ2v) is 7.88. The van der Waals surface area contributed by atoms with Gasteiger partial charge in [0.15, 0.2) is 0 Å². The molecule has 1 heterocycles. The zero-order valence-corrected chi connectivity index (χ0v) is 17.2. The zero-order chi connectivity index (χ0) is 21.0. The van der Waals surface area contributed by atoms with Crippen LogP contribution in [0.5, 0.6) is 5.75 Å². The Bertz CT molecular complexity index is 889. The Hall–Kier alpha value is -2.28. The van der Waals surface area contributed by atoms with Crippen LogP contribution in [-0.2, 0) is 11.2 Å². The maximum Gasteiger partial charge on any atom is 0.256 e. The van der Waals surface area contributed by atoms with E-state index in [4.69, 9.17) is 23.2 Å². The maximum absolute atomic E-state index is 12.9. The molecule has 1 saturated heterocycles. The highest BCUT2D eigenvalue weighted by molar-refractivity contribution is 6.35. The van der Waals surface area contributed by atoms with Gasteiger partial charge >= 0.3 is 0 Å². The number of carbonyl (C=O) groups is 2. The van der Waals surface area contributed by atoms with E-state index in [0.717, 1.165) is 5.56 Å². The lowest BCUT2D eigenvalue weighted by Crippen LogP contribution is -2.50. The molecule has 2 aromatic carbocycles. The molecule has 0 aliphatic carbocycles. The Morgan fingerprint density at radius 2 is 1.90 bits per heavy atom. The number of nitrogens with zero attached hydrogens (tertiary/aromatic N) is 1. The fourth-order valence-electron chi connectivity index (χ4n) is 3.47. The van der Waals surface area contributed by atoms with Gasteiger partial charge in [0.05, 0.1) is 23.2 Å². The molecule has 1 aliphatic rings. The van der Waals surface area contributed by atoms with Crippen molar-refractivity contribution in [2.75, 3.05) is 13.2 Å². The van der Waals surface area contributed by atoms with Crippen LogP contribution in [-0.4, -0.2) is 52.2 Å². The molecule has 1 unspecified atom stereocenters. The number of rotatable bonds is 6. The number of hydrogen-bond donors (Lipinski definition) is 3. The molecule has 6 nitrogen and oxygen atoms in total. The molecule has 1 fully saturated rings. The SMILES string of the molecule is O=C(N[C@H](CO)Cc1ccc(O)cc1)C1CCCN1C(=O)c1cc(Cl)ccc1Cl.